The van der Waals surface area contributed by atoms with Crippen LogP contribution in [0.2, 0.25) is 0 Å². The van der Waals surface area contributed by atoms with Crippen molar-refractivity contribution in [2.75, 3.05) is 19.6 Å². The molecule has 7 nitrogen and oxygen atoms in total. The second kappa shape index (κ2) is 5.96. The number of aryl methyl sites for hydroxylation is 2. The maximum atomic E-state index is 12.7. The Morgan fingerprint density at radius 2 is 2.25 bits per heavy atom. The molecular formula is C13H19N5O2. The van der Waals surface area contributed by atoms with Crippen molar-refractivity contribution in [3.05, 3.63) is 23.0 Å². The fourth-order valence-corrected chi connectivity index (χ4v) is 2.32. The third-order valence-electron chi connectivity index (χ3n) is 3.39. The monoisotopic (exact) mass is 277 g/mol. The molecule has 20 heavy (non-hydrogen) atoms. The summed E-state index contributed by atoms with van der Waals surface area (Å²) >= 11 is 0. The number of carbonyl (C=O) groups is 2. The lowest BCUT2D eigenvalue weighted by atomic mass is 10.1. The van der Waals surface area contributed by atoms with Gasteiger partial charge in [0.1, 0.15) is 6.04 Å². The molecule has 1 saturated heterocycles. The largest absolute Gasteiger partial charge is 0.368 e. The van der Waals surface area contributed by atoms with Crippen LogP contribution in [0.15, 0.2) is 6.07 Å². The molecule has 7 heteroatoms. The second-order valence-electron chi connectivity index (χ2n) is 4.82. The molecule has 1 aliphatic rings. The Morgan fingerprint density at radius 3 is 2.90 bits per heavy atom. The fourth-order valence-electron chi connectivity index (χ4n) is 2.32. The highest BCUT2D eigenvalue weighted by Gasteiger charge is 2.32. The number of carbonyl (C=O) groups excluding carboxylic acids is 2. The molecule has 1 atom stereocenters. The van der Waals surface area contributed by atoms with Gasteiger partial charge in [0, 0.05) is 19.6 Å². The van der Waals surface area contributed by atoms with Gasteiger partial charge < -0.3 is 16.0 Å². The summed E-state index contributed by atoms with van der Waals surface area (Å²) in [5.41, 5.74) is 7.20. The molecule has 1 unspecified atom stereocenters. The molecule has 1 aliphatic heterocycles. The number of rotatable bonds is 3. The summed E-state index contributed by atoms with van der Waals surface area (Å²) in [5.74, 6) is -0.701. The lowest BCUT2D eigenvalue weighted by Gasteiger charge is -2.34. The number of nitrogens with one attached hydrogen (secondary N) is 1. The molecule has 2 heterocycles. The van der Waals surface area contributed by atoms with Crippen molar-refractivity contribution in [3.63, 3.8) is 0 Å². The van der Waals surface area contributed by atoms with Crippen LogP contribution < -0.4 is 11.1 Å². The van der Waals surface area contributed by atoms with Crippen LogP contribution >= 0.6 is 0 Å². The molecule has 0 aliphatic carbocycles. The average molecular weight is 277 g/mol. The minimum absolute atomic E-state index is 0.204. The van der Waals surface area contributed by atoms with Crippen LogP contribution in [-0.2, 0) is 11.2 Å². The molecule has 3 N–H and O–H groups in total. The first-order valence-corrected chi connectivity index (χ1v) is 6.68. The van der Waals surface area contributed by atoms with Crippen LogP contribution in [0.3, 0.4) is 0 Å². The van der Waals surface area contributed by atoms with Crippen LogP contribution in [0.5, 0.6) is 0 Å². The van der Waals surface area contributed by atoms with Crippen molar-refractivity contribution < 1.29 is 9.59 Å². The van der Waals surface area contributed by atoms with Gasteiger partial charge in [-0.2, -0.15) is 10.2 Å². The van der Waals surface area contributed by atoms with Crippen molar-refractivity contribution in [1.29, 1.82) is 0 Å². The summed E-state index contributed by atoms with van der Waals surface area (Å²) in [5, 5.41) is 11.1. The average Bonchev–Trinajstić information content (AvgIpc) is 2.46. The van der Waals surface area contributed by atoms with E-state index in [1.54, 1.807) is 13.0 Å². The van der Waals surface area contributed by atoms with E-state index in [-0.39, 0.29) is 5.91 Å². The Labute approximate surface area is 117 Å². The Balaban J connectivity index is 2.34. The minimum Gasteiger partial charge on any atom is -0.368 e. The van der Waals surface area contributed by atoms with Crippen molar-refractivity contribution in [1.82, 2.24) is 20.4 Å². The Morgan fingerprint density at radius 1 is 1.50 bits per heavy atom. The minimum atomic E-state index is -0.616. The lowest BCUT2D eigenvalue weighted by molar-refractivity contribution is -0.122. The third kappa shape index (κ3) is 2.77. The maximum Gasteiger partial charge on any atom is 0.256 e. The second-order valence-corrected chi connectivity index (χ2v) is 4.82. The number of aromatic nitrogens is 2. The van der Waals surface area contributed by atoms with Gasteiger partial charge in [0.25, 0.3) is 5.91 Å². The van der Waals surface area contributed by atoms with Gasteiger partial charge in [-0.1, -0.05) is 6.92 Å². The summed E-state index contributed by atoms with van der Waals surface area (Å²) in [6.45, 7) is 5.19. The number of primary amides is 1. The molecule has 108 valence electrons. The maximum absolute atomic E-state index is 12.7. The summed E-state index contributed by atoms with van der Waals surface area (Å²) in [4.78, 5) is 25.7. The number of piperazine rings is 1. The normalized spacial score (nSPS) is 18.9. The molecule has 1 fully saturated rings. The lowest BCUT2D eigenvalue weighted by Crippen LogP contribution is -2.58. The van der Waals surface area contributed by atoms with E-state index in [9.17, 15) is 9.59 Å². The van der Waals surface area contributed by atoms with E-state index < -0.39 is 11.9 Å². The summed E-state index contributed by atoms with van der Waals surface area (Å²) in [7, 11) is 0. The molecule has 0 saturated carbocycles. The van der Waals surface area contributed by atoms with Crippen molar-refractivity contribution in [2.45, 2.75) is 26.3 Å². The molecule has 0 spiro atoms. The first-order valence-electron chi connectivity index (χ1n) is 6.68. The zero-order valence-electron chi connectivity index (χ0n) is 11.7. The standard InChI is InChI=1S/C13H19N5O2/c1-3-10-9(6-8(2)16-17-10)13(20)18-5-4-15-7-11(18)12(14)19/h6,11,15H,3-5,7H2,1-2H3,(H2,14,19). The van der Waals surface area contributed by atoms with E-state index >= 15 is 0 Å². The quantitative estimate of drug-likeness (QED) is 0.756. The van der Waals surface area contributed by atoms with E-state index in [2.05, 4.69) is 15.5 Å². The van der Waals surface area contributed by atoms with E-state index in [0.717, 1.165) is 0 Å². The van der Waals surface area contributed by atoms with Crippen molar-refractivity contribution >= 4 is 11.8 Å². The molecule has 1 aromatic rings. The first kappa shape index (κ1) is 14.4. The smallest absolute Gasteiger partial charge is 0.256 e. The fraction of sp³-hybridized carbons (Fsp3) is 0.538. The van der Waals surface area contributed by atoms with Gasteiger partial charge >= 0.3 is 0 Å². The highest BCUT2D eigenvalue weighted by Crippen LogP contribution is 2.14. The van der Waals surface area contributed by atoms with Crippen molar-refractivity contribution in [2.24, 2.45) is 5.73 Å². The van der Waals surface area contributed by atoms with E-state index in [1.165, 1.54) is 4.90 Å². The first-order chi connectivity index (χ1) is 9.54. The van der Waals surface area contributed by atoms with E-state index in [4.69, 9.17) is 5.73 Å². The molecule has 0 aromatic carbocycles. The Hall–Kier alpha value is -2.02. The number of nitrogens with two attached hydrogens (primary N) is 1. The molecule has 0 radical (unpaired) electrons. The number of hydrogen-bond acceptors (Lipinski definition) is 5. The van der Waals surface area contributed by atoms with Gasteiger partial charge in [-0.05, 0) is 19.4 Å². The van der Waals surface area contributed by atoms with Crippen LogP contribution in [0.4, 0.5) is 0 Å². The molecule has 2 amide bonds. The summed E-state index contributed by atoms with van der Waals surface area (Å²) in [6.07, 6.45) is 0.613. The van der Waals surface area contributed by atoms with Gasteiger partial charge in [0.2, 0.25) is 5.91 Å². The van der Waals surface area contributed by atoms with Gasteiger partial charge in [0.05, 0.1) is 17.0 Å². The number of nitrogens with zero attached hydrogens (tertiary/aromatic N) is 3. The van der Waals surface area contributed by atoms with Crippen LogP contribution in [0.1, 0.15) is 28.7 Å². The van der Waals surface area contributed by atoms with Gasteiger partial charge in [-0.25, -0.2) is 0 Å². The zero-order chi connectivity index (χ0) is 14.7. The highest BCUT2D eigenvalue weighted by molar-refractivity contribution is 5.98. The van der Waals surface area contributed by atoms with Crippen LogP contribution in [0.25, 0.3) is 0 Å². The molecule has 0 bridgehead atoms. The topological polar surface area (TPSA) is 101 Å². The predicted molar refractivity (Wildman–Crippen MR) is 73.0 cm³/mol. The van der Waals surface area contributed by atoms with Gasteiger partial charge in [-0.15, -0.1) is 0 Å². The molecule has 2 rings (SSSR count). The van der Waals surface area contributed by atoms with Gasteiger partial charge in [-0.3, -0.25) is 9.59 Å². The summed E-state index contributed by atoms with van der Waals surface area (Å²) < 4.78 is 0. The predicted octanol–water partition coefficient (Wildman–Crippen LogP) is -0.753. The van der Waals surface area contributed by atoms with Crippen LogP contribution in [-0.4, -0.2) is 52.6 Å². The van der Waals surface area contributed by atoms with E-state index in [1.807, 2.05) is 6.92 Å². The summed E-state index contributed by atoms with van der Waals surface area (Å²) in [6, 6.07) is 1.10. The van der Waals surface area contributed by atoms with Crippen molar-refractivity contribution in [3.8, 4) is 0 Å². The zero-order valence-corrected chi connectivity index (χ0v) is 11.7. The highest BCUT2D eigenvalue weighted by atomic mass is 16.2. The number of amides is 2. The Kier molecular flexibility index (Phi) is 4.29. The third-order valence-corrected chi connectivity index (χ3v) is 3.39. The van der Waals surface area contributed by atoms with Gasteiger partial charge in [0.15, 0.2) is 0 Å². The van der Waals surface area contributed by atoms with E-state index in [0.29, 0.717) is 43.0 Å². The molecule has 1 aromatic heterocycles. The van der Waals surface area contributed by atoms with Crippen LogP contribution in [0, 0.1) is 6.92 Å². The number of hydrogen-bond donors (Lipinski definition) is 2. The Bertz CT molecular complexity index is 531. The SMILES string of the molecule is CCc1nnc(C)cc1C(=O)N1CCNCC1C(N)=O. The molecular weight excluding hydrogens is 258 g/mol.